The summed E-state index contributed by atoms with van der Waals surface area (Å²) >= 11 is 0. The van der Waals surface area contributed by atoms with Crippen LogP contribution in [0.2, 0.25) is 0 Å². The summed E-state index contributed by atoms with van der Waals surface area (Å²) in [5.74, 6) is 0.0278. The van der Waals surface area contributed by atoms with Crippen molar-refractivity contribution in [2.24, 2.45) is 5.92 Å². The fourth-order valence-corrected chi connectivity index (χ4v) is 1.72. The number of ether oxygens (including phenoxy) is 2. The van der Waals surface area contributed by atoms with Gasteiger partial charge in [-0.15, -0.1) is 13.2 Å². The van der Waals surface area contributed by atoms with E-state index in [9.17, 15) is 13.2 Å². The normalized spacial score (nSPS) is 16.8. The van der Waals surface area contributed by atoms with Gasteiger partial charge in [0.25, 0.3) is 0 Å². The van der Waals surface area contributed by atoms with Crippen LogP contribution in [0.4, 0.5) is 13.2 Å². The predicted octanol–water partition coefficient (Wildman–Crippen LogP) is 3.35. The number of rotatable bonds is 7. The Morgan fingerprint density at radius 2 is 1.90 bits per heavy atom. The zero-order valence-corrected chi connectivity index (χ0v) is 11.2. The van der Waals surface area contributed by atoms with E-state index in [0.717, 1.165) is 6.54 Å². The van der Waals surface area contributed by atoms with Crippen molar-refractivity contribution in [3.63, 3.8) is 0 Å². The largest absolute Gasteiger partial charge is 0.573 e. The summed E-state index contributed by atoms with van der Waals surface area (Å²) in [6, 6.07) is 6.42. The van der Waals surface area contributed by atoms with Crippen molar-refractivity contribution in [1.82, 2.24) is 5.32 Å². The van der Waals surface area contributed by atoms with Crippen LogP contribution in [-0.4, -0.2) is 25.6 Å². The van der Waals surface area contributed by atoms with E-state index in [1.807, 2.05) is 6.92 Å². The van der Waals surface area contributed by atoms with Crippen molar-refractivity contribution >= 4 is 0 Å². The van der Waals surface area contributed by atoms with Gasteiger partial charge in [0.1, 0.15) is 0 Å². The summed E-state index contributed by atoms with van der Waals surface area (Å²) in [6.45, 7) is 3.13. The van der Waals surface area contributed by atoms with Crippen LogP contribution in [-0.2, 0) is 0 Å². The zero-order chi connectivity index (χ0) is 14.6. The first-order valence-corrected chi connectivity index (χ1v) is 6.65. The van der Waals surface area contributed by atoms with Gasteiger partial charge in [-0.1, -0.05) is 19.1 Å². The Bertz CT molecular complexity index is 433. The van der Waals surface area contributed by atoms with Gasteiger partial charge in [0.15, 0.2) is 11.5 Å². The van der Waals surface area contributed by atoms with Crippen molar-refractivity contribution in [3.05, 3.63) is 24.3 Å². The molecule has 0 bridgehead atoms. The fraction of sp³-hybridized carbons (Fsp3) is 0.571. The average molecular weight is 289 g/mol. The predicted molar refractivity (Wildman–Crippen MR) is 68.8 cm³/mol. The summed E-state index contributed by atoms with van der Waals surface area (Å²) in [7, 11) is 0. The summed E-state index contributed by atoms with van der Waals surface area (Å²) in [5.41, 5.74) is 0. The molecule has 1 aliphatic carbocycles. The Kier molecular flexibility index (Phi) is 4.75. The number of halogens is 3. The second-order valence-corrected chi connectivity index (χ2v) is 5.09. The number of alkyl halides is 3. The van der Waals surface area contributed by atoms with Crippen LogP contribution in [0.1, 0.15) is 19.8 Å². The van der Waals surface area contributed by atoms with Crippen molar-refractivity contribution < 1.29 is 22.6 Å². The first kappa shape index (κ1) is 15.0. The number of benzene rings is 1. The minimum Gasteiger partial charge on any atom is -0.489 e. The van der Waals surface area contributed by atoms with Crippen LogP contribution in [0.25, 0.3) is 0 Å². The third-order valence-electron chi connectivity index (χ3n) is 2.93. The molecular formula is C14H18F3NO2. The molecule has 0 saturated heterocycles. The van der Waals surface area contributed by atoms with Crippen molar-refractivity contribution in [1.29, 1.82) is 0 Å². The summed E-state index contributed by atoms with van der Waals surface area (Å²) < 4.78 is 46.1. The van der Waals surface area contributed by atoms with Crippen molar-refractivity contribution in [2.45, 2.75) is 32.2 Å². The molecular weight excluding hydrogens is 271 g/mol. The molecule has 1 aliphatic rings. The second kappa shape index (κ2) is 6.35. The molecule has 0 spiro atoms. The van der Waals surface area contributed by atoms with Crippen LogP contribution in [0.5, 0.6) is 11.5 Å². The number of nitrogens with one attached hydrogen (secondary N) is 1. The molecule has 0 aromatic heterocycles. The zero-order valence-electron chi connectivity index (χ0n) is 11.2. The quantitative estimate of drug-likeness (QED) is 0.835. The third-order valence-corrected chi connectivity index (χ3v) is 2.93. The molecule has 1 aromatic carbocycles. The topological polar surface area (TPSA) is 30.5 Å². The summed E-state index contributed by atoms with van der Waals surface area (Å²) in [5, 5.41) is 3.35. The molecule has 1 fully saturated rings. The molecule has 1 unspecified atom stereocenters. The van der Waals surface area contributed by atoms with E-state index < -0.39 is 6.36 Å². The smallest absolute Gasteiger partial charge is 0.489 e. The van der Waals surface area contributed by atoms with E-state index in [1.165, 1.54) is 31.0 Å². The van der Waals surface area contributed by atoms with Gasteiger partial charge >= 0.3 is 6.36 Å². The van der Waals surface area contributed by atoms with E-state index >= 15 is 0 Å². The highest BCUT2D eigenvalue weighted by Gasteiger charge is 2.32. The molecule has 3 nitrogen and oxygen atoms in total. The number of hydrogen-bond donors (Lipinski definition) is 1. The molecule has 20 heavy (non-hydrogen) atoms. The Morgan fingerprint density at radius 3 is 2.50 bits per heavy atom. The lowest BCUT2D eigenvalue weighted by Crippen LogP contribution is -2.26. The average Bonchev–Trinajstić information content (AvgIpc) is 3.17. The molecule has 6 heteroatoms. The van der Waals surface area contributed by atoms with Gasteiger partial charge in [0.2, 0.25) is 0 Å². The first-order chi connectivity index (χ1) is 9.44. The van der Waals surface area contributed by atoms with Crippen molar-refractivity contribution in [3.8, 4) is 11.5 Å². The van der Waals surface area contributed by atoms with Crippen LogP contribution >= 0.6 is 0 Å². The van der Waals surface area contributed by atoms with E-state index in [4.69, 9.17) is 4.74 Å². The van der Waals surface area contributed by atoms with Crippen molar-refractivity contribution in [2.75, 3.05) is 13.2 Å². The van der Waals surface area contributed by atoms with Gasteiger partial charge in [-0.2, -0.15) is 0 Å². The van der Waals surface area contributed by atoms with Crippen LogP contribution in [0, 0.1) is 5.92 Å². The Hall–Kier alpha value is -1.43. The maximum Gasteiger partial charge on any atom is 0.573 e. The minimum absolute atomic E-state index is 0.114. The van der Waals surface area contributed by atoms with Gasteiger partial charge in [-0.05, 0) is 25.0 Å². The van der Waals surface area contributed by atoms with Crippen LogP contribution < -0.4 is 14.8 Å². The van der Waals surface area contributed by atoms with Crippen LogP contribution in [0.3, 0.4) is 0 Å². The van der Waals surface area contributed by atoms with E-state index in [-0.39, 0.29) is 17.4 Å². The van der Waals surface area contributed by atoms with E-state index in [1.54, 1.807) is 6.07 Å². The van der Waals surface area contributed by atoms with Gasteiger partial charge < -0.3 is 14.8 Å². The summed E-state index contributed by atoms with van der Waals surface area (Å²) in [4.78, 5) is 0. The van der Waals surface area contributed by atoms with E-state index in [2.05, 4.69) is 10.1 Å². The lowest BCUT2D eigenvalue weighted by Gasteiger charge is -2.17. The van der Waals surface area contributed by atoms with Gasteiger partial charge in [-0.25, -0.2) is 0 Å². The highest BCUT2D eigenvalue weighted by atomic mass is 19.4. The SMILES string of the molecule is CC(CNC1CC1)COc1ccccc1OC(F)(F)F. The minimum atomic E-state index is -4.71. The standard InChI is InChI=1S/C14H18F3NO2/c1-10(8-18-11-6-7-11)9-19-12-4-2-3-5-13(12)20-14(15,16)17/h2-5,10-11,18H,6-9H2,1H3. The lowest BCUT2D eigenvalue weighted by atomic mass is 10.2. The Labute approximate surface area is 116 Å². The maximum absolute atomic E-state index is 12.2. The molecule has 0 radical (unpaired) electrons. The van der Waals surface area contributed by atoms with Gasteiger partial charge in [-0.3, -0.25) is 0 Å². The number of hydrogen-bond acceptors (Lipinski definition) is 3. The summed E-state index contributed by atoms with van der Waals surface area (Å²) in [6.07, 6.45) is -2.30. The highest BCUT2D eigenvalue weighted by molar-refractivity contribution is 5.39. The molecule has 0 heterocycles. The molecule has 112 valence electrons. The molecule has 1 aromatic rings. The number of para-hydroxylation sites is 2. The fourth-order valence-electron chi connectivity index (χ4n) is 1.72. The maximum atomic E-state index is 12.2. The van der Waals surface area contributed by atoms with Gasteiger partial charge in [0, 0.05) is 18.5 Å². The van der Waals surface area contributed by atoms with Gasteiger partial charge in [0.05, 0.1) is 6.61 Å². The van der Waals surface area contributed by atoms with Crippen LogP contribution in [0.15, 0.2) is 24.3 Å². The first-order valence-electron chi connectivity index (χ1n) is 6.65. The molecule has 1 N–H and O–H groups in total. The van der Waals surface area contributed by atoms with E-state index in [0.29, 0.717) is 12.6 Å². The second-order valence-electron chi connectivity index (χ2n) is 5.09. The Balaban J connectivity index is 1.84. The monoisotopic (exact) mass is 289 g/mol. The lowest BCUT2D eigenvalue weighted by molar-refractivity contribution is -0.275. The molecule has 0 amide bonds. The molecule has 1 atom stereocenters. The Morgan fingerprint density at radius 1 is 1.25 bits per heavy atom. The third kappa shape index (κ3) is 5.28. The molecule has 1 saturated carbocycles. The highest BCUT2D eigenvalue weighted by Crippen LogP contribution is 2.32. The molecule has 0 aliphatic heterocycles. The molecule has 2 rings (SSSR count).